The molecule has 0 radical (unpaired) electrons. The van der Waals surface area contributed by atoms with Crippen LogP contribution in [0.1, 0.15) is 11.4 Å². The van der Waals surface area contributed by atoms with Gasteiger partial charge in [0.05, 0.1) is 6.54 Å². The van der Waals surface area contributed by atoms with E-state index in [1.807, 2.05) is 44.1 Å². The topological polar surface area (TPSA) is 68.2 Å². The molecule has 0 atom stereocenters. The molecular weight excluding hydrogens is 216 g/mol. The maximum Gasteiger partial charge on any atom is 0.258 e. The molecule has 0 saturated carbocycles. The quantitative estimate of drug-likeness (QED) is 0.815. The second-order valence-corrected chi connectivity index (χ2v) is 4.33. The molecule has 0 aliphatic rings. The van der Waals surface area contributed by atoms with Gasteiger partial charge in [-0.25, -0.2) is 0 Å². The van der Waals surface area contributed by atoms with E-state index < -0.39 is 0 Å². The molecule has 0 aliphatic heterocycles. The van der Waals surface area contributed by atoms with Crippen molar-refractivity contribution >= 4 is 5.69 Å². The smallest absolute Gasteiger partial charge is 0.258 e. The first kappa shape index (κ1) is 11.6. The Morgan fingerprint density at radius 1 is 1.35 bits per heavy atom. The summed E-state index contributed by atoms with van der Waals surface area (Å²) in [5.74, 6) is 1.22. The Balaban J connectivity index is 2.30. The van der Waals surface area contributed by atoms with Gasteiger partial charge in [0.15, 0.2) is 5.82 Å². The highest BCUT2D eigenvalue weighted by Gasteiger charge is 2.11. The van der Waals surface area contributed by atoms with Crippen molar-refractivity contribution < 1.29 is 4.52 Å². The Hall–Kier alpha value is -1.88. The molecule has 0 unspecified atom stereocenters. The molecule has 0 fully saturated rings. The Morgan fingerprint density at radius 2 is 2.12 bits per heavy atom. The zero-order valence-corrected chi connectivity index (χ0v) is 10.3. The fourth-order valence-corrected chi connectivity index (χ4v) is 1.64. The number of nitrogens with two attached hydrogens (primary N) is 1. The van der Waals surface area contributed by atoms with Crippen LogP contribution in [0.5, 0.6) is 0 Å². The van der Waals surface area contributed by atoms with Gasteiger partial charge < -0.3 is 15.2 Å². The van der Waals surface area contributed by atoms with Crippen LogP contribution < -0.4 is 5.73 Å². The number of hydrogen-bond donors (Lipinski definition) is 1. The van der Waals surface area contributed by atoms with E-state index in [0.717, 1.165) is 16.8 Å². The summed E-state index contributed by atoms with van der Waals surface area (Å²) < 4.78 is 5.24. The molecule has 5 nitrogen and oxygen atoms in total. The van der Waals surface area contributed by atoms with E-state index in [9.17, 15) is 0 Å². The van der Waals surface area contributed by atoms with Crippen molar-refractivity contribution in [2.45, 2.75) is 13.5 Å². The molecule has 0 saturated heterocycles. The number of aryl methyl sites for hydroxylation is 1. The third-order valence-electron chi connectivity index (χ3n) is 2.41. The molecule has 2 N–H and O–H groups in total. The maximum absolute atomic E-state index is 5.70. The van der Waals surface area contributed by atoms with E-state index in [4.69, 9.17) is 10.3 Å². The predicted octanol–water partition coefficient (Wildman–Crippen LogP) is 1.69. The molecule has 0 amide bonds. The molecule has 0 spiro atoms. The maximum atomic E-state index is 5.70. The van der Waals surface area contributed by atoms with Gasteiger partial charge in [0.1, 0.15) is 0 Å². The summed E-state index contributed by atoms with van der Waals surface area (Å²) in [7, 11) is 3.93. The third kappa shape index (κ3) is 2.62. The number of nitrogens with zero attached hydrogens (tertiary/aromatic N) is 3. The first-order valence-electron chi connectivity index (χ1n) is 5.40. The van der Waals surface area contributed by atoms with Crippen molar-refractivity contribution in [2.24, 2.45) is 0 Å². The molecule has 0 aliphatic carbocycles. The number of anilines is 1. The van der Waals surface area contributed by atoms with Gasteiger partial charge in [-0.05, 0) is 44.8 Å². The number of rotatable bonds is 3. The summed E-state index contributed by atoms with van der Waals surface area (Å²) >= 11 is 0. The van der Waals surface area contributed by atoms with E-state index in [2.05, 4.69) is 10.1 Å². The van der Waals surface area contributed by atoms with Gasteiger partial charge in [-0.1, -0.05) is 5.16 Å². The van der Waals surface area contributed by atoms with Gasteiger partial charge in [0, 0.05) is 11.3 Å². The first-order chi connectivity index (χ1) is 8.06. The van der Waals surface area contributed by atoms with E-state index in [-0.39, 0.29) is 0 Å². The second-order valence-electron chi connectivity index (χ2n) is 4.33. The monoisotopic (exact) mass is 232 g/mol. The van der Waals surface area contributed by atoms with Crippen molar-refractivity contribution in [3.63, 3.8) is 0 Å². The molecule has 0 bridgehead atoms. The SMILES string of the molecule is Cc1cc(N)ccc1-c1nc(CN(C)C)no1. The summed E-state index contributed by atoms with van der Waals surface area (Å²) in [6.07, 6.45) is 0. The van der Waals surface area contributed by atoms with E-state index >= 15 is 0 Å². The van der Waals surface area contributed by atoms with Crippen LogP contribution in [0.3, 0.4) is 0 Å². The van der Waals surface area contributed by atoms with Gasteiger partial charge in [0.25, 0.3) is 5.89 Å². The molecule has 90 valence electrons. The lowest BCUT2D eigenvalue weighted by Gasteiger charge is -2.03. The normalized spacial score (nSPS) is 11.1. The molecule has 1 aromatic heterocycles. The summed E-state index contributed by atoms with van der Waals surface area (Å²) in [6.45, 7) is 2.64. The largest absolute Gasteiger partial charge is 0.399 e. The van der Waals surface area contributed by atoms with E-state index in [0.29, 0.717) is 18.3 Å². The van der Waals surface area contributed by atoms with Crippen molar-refractivity contribution in [3.8, 4) is 11.5 Å². The highest BCUT2D eigenvalue weighted by molar-refractivity contribution is 5.62. The van der Waals surface area contributed by atoms with Crippen LogP contribution >= 0.6 is 0 Å². The molecular formula is C12H16N4O. The highest BCUT2D eigenvalue weighted by atomic mass is 16.5. The lowest BCUT2D eigenvalue weighted by atomic mass is 10.1. The summed E-state index contributed by atoms with van der Waals surface area (Å²) in [5.41, 5.74) is 8.40. The van der Waals surface area contributed by atoms with Crippen molar-refractivity contribution in [3.05, 3.63) is 29.6 Å². The van der Waals surface area contributed by atoms with Crippen LogP contribution in [-0.2, 0) is 6.54 Å². The number of aromatic nitrogens is 2. The van der Waals surface area contributed by atoms with Gasteiger partial charge >= 0.3 is 0 Å². The minimum absolute atomic E-state index is 0.541. The molecule has 2 rings (SSSR count). The number of nitrogen functional groups attached to an aromatic ring is 1. The fourth-order valence-electron chi connectivity index (χ4n) is 1.64. The van der Waals surface area contributed by atoms with Gasteiger partial charge in [0.2, 0.25) is 0 Å². The summed E-state index contributed by atoms with van der Waals surface area (Å²) in [5, 5.41) is 3.94. The van der Waals surface area contributed by atoms with Gasteiger partial charge in [-0.3, -0.25) is 0 Å². The standard InChI is InChI=1S/C12H16N4O/c1-8-6-9(13)4-5-10(8)12-14-11(15-17-12)7-16(2)3/h4-6H,7,13H2,1-3H3. The third-order valence-corrected chi connectivity index (χ3v) is 2.41. The Morgan fingerprint density at radius 3 is 2.76 bits per heavy atom. The van der Waals surface area contributed by atoms with Crippen LogP contribution in [0, 0.1) is 6.92 Å². The Bertz CT molecular complexity index is 519. The molecule has 5 heteroatoms. The fraction of sp³-hybridized carbons (Fsp3) is 0.333. The van der Waals surface area contributed by atoms with Crippen molar-refractivity contribution in [1.29, 1.82) is 0 Å². The zero-order valence-electron chi connectivity index (χ0n) is 10.3. The van der Waals surface area contributed by atoms with Crippen LogP contribution in [-0.4, -0.2) is 29.1 Å². The van der Waals surface area contributed by atoms with E-state index in [1.54, 1.807) is 0 Å². The molecule has 2 aromatic rings. The number of benzene rings is 1. The van der Waals surface area contributed by atoms with Gasteiger partial charge in [-0.15, -0.1) is 0 Å². The lowest BCUT2D eigenvalue weighted by molar-refractivity contribution is 0.365. The van der Waals surface area contributed by atoms with Gasteiger partial charge in [-0.2, -0.15) is 4.98 Å². The Kier molecular flexibility index (Phi) is 3.10. The molecule has 1 heterocycles. The summed E-state index contributed by atoms with van der Waals surface area (Å²) in [6, 6.07) is 5.63. The first-order valence-corrected chi connectivity index (χ1v) is 5.40. The average molecular weight is 232 g/mol. The van der Waals surface area contributed by atoms with Crippen LogP contribution in [0.25, 0.3) is 11.5 Å². The zero-order chi connectivity index (χ0) is 12.4. The highest BCUT2D eigenvalue weighted by Crippen LogP contribution is 2.23. The molecule has 1 aromatic carbocycles. The number of hydrogen-bond acceptors (Lipinski definition) is 5. The van der Waals surface area contributed by atoms with Crippen molar-refractivity contribution in [2.75, 3.05) is 19.8 Å². The summed E-state index contributed by atoms with van der Waals surface area (Å²) in [4.78, 5) is 6.34. The average Bonchev–Trinajstić information content (AvgIpc) is 2.65. The lowest BCUT2D eigenvalue weighted by Crippen LogP contribution is -2.11. The van der Waals surface area contributed by atoms with Crippen LogP contribution in [0.15, 0.2) is 22.7 Å². The molecule has 17 heavy (non-hydrogen) atoms. The van der Waals surface area contributed by atoms with Crippen LogP contribution in [0.4, 0.5) is 5.69 Å². The van der Waals surface area contributed by atoms with Crippen molar-refractivity contribution in [1.82, 2.24) is 15.0 Å². The minimum atomic E-state index is 0.541. The van der Waals surface area contributed by atoms with E-state index in [1.165, 1.54) is 0 Å². The van der Waals surface area contributed by atoms with Crippen LogP contribution in [0.2, 0.25) is 0 Å². The second kappa shape index (κ2) is 4.55. The minimum Gasteiger partial charge on any atom is -0.399 e. The Labute approximate surface area is 100 Å². The predicted molar refractivity (Wildman–Crippen MR) is 66.3 cm³/mol.